The molecule has 0 N–H and O–H groups in total. The first-order valence-corrected chi connectivity index (χ1v) is 3.67. The third-order valence-corrected chi connectivity index (χ3v) is 1.34. The lowest BCUT2D eigenvalue weighted by molar-refractivity contribution is 0.0550. The molecule has 1 aromatic rings. The molecule has 13 heavy (non-hydrogen) atoms. The van der Waals surface area contributed by atoms with Crippen molar-refractivity contribution < 1.29 is 9.53 Å². The second-order valence-corrected chi connectivity index (χ2v) is 2.25. The van der Waals surface area contributed by atoms with Crippen molar-refractivity contribution >= 4 is 5.97 Å². The van der Waals surface area contributed by atoms with E-state index in [0.717, 1.165) is 0 Å². The maximum Gasteiger partial charge on any atom is 0.338 e. The van der Waals surface area contributed by atoms with Gasteiger partial charge in [0.1, 0.15) is 6.61 Å². The van der Waals surface area contributed by atoms with Crippen LogP contribution in [0.3, 0.4) is 0 Å². The normalized spacial score (nSPS) is 8.31. The Morgan fingerprint density at radius 2 is 2.00 bits per heavy atom. The summed E-state index contributed by atoms with van der Waals surface area (Å²) in [5.41, 5.74) is 0.569. The molecule has 70 valence electrons. The third-order valence-electron chi connectivity index (χ3n) is 1.34. The molecule has 0 aliphatic carbocycles. The van der Waals surface area contributed by atoms with Gasteiger partial charge < -0.3 is 4.74 Å². The van der Waals surface area contributed by atoms with Crippen LogP contribution in [0.4, 0.5) is 0 Å². The Kier molecular flexibility index (Phi) is 5.28. The van der Waals surface area contributed by atoms with Gasteiger partial charge >= 0.3 is 5.97 Å². The number of carbonyl (C=O) groups excluding carboxylic acids is 1. The highest BCUT2D eigenvalue weighted by Crippen LogP contribution is 2.00. The van der Waals surface area contributed by atoms with Crippen LogP contribution in [0.5, 0.6) is 0 Å². The molecule has 2 heteroatoms. The van der Waals surface area contributed by atoms with E-state index in [-0.39, 0.29) is 20.0 Å². The fraction of sp³-hybridized carbons (Fsp3) is 0.182. The molecule has 0 bridgehead atoms. The average Bonchev–Trinajstić information content (AvgIpc) is 2.15. The molecule has 0 amide bonds. The first-order valence-electron chi connectivity index (χ1n) is 3.67. The smallest absolute Gasteiger partial charge is 0.338 e. The van der Waals surface area contributed by atoms with Crippen LogP contribution in [-0.2, 0) is 4.74 Å². The third kappa shape index (κ3) is 3.56. The van der Waals surface area contributed by atoms with Crippen molar-refractivity contribution in [2.75, 3.05) is 6.61 Å². The molecule has 0 spiro atoms. The number of carbonyl (C=O) groups is 1. The lowest BCUT2D eigenvalue weighted by Gasteiger charge is -1.99. The lowest BCUT2D eigenvalue weighted by Crippen LogP contribution is -2.04. The van der Waals surface area contributed by atoms with Gasteiger partial charge in [0.2, 0.25) is 0 Å². The standard InChI is InChI=1S/C10H10O2.CH4/c1-2-8-12-10(11)9-6-4-3-5-7-9;/h2-7H,1,8H2;1H4. The Bertz CT molecular complexity index is 265. The molecule has 0 heterocycles. The Morgan fingerprint density at radius 1 is 1.38 bits per heavy atom. The fourth-order valence-electron chi connectivity index (χ4n) is 0.792. The summed E-state index contributed by atoms with van der Waals surface area (Å²) < 4.78 is 4.82. The van der Waals surface area contributed by atoms with Crippen molar-refractivity contribution in [2.45, 2.75) is 7.43 Å². The predicted molar refractivity (Wildman–Crippen MR) is 53.7 cm³/mol. The van der Waals surface area contributed by atoms with E-state index in [1.54, 1.807) is 30.3 Å². The van der Waals surface area contributed by atoms with E-state index in [9.17, 15) is 4.79 Å². The molecule has 0 aliphatic rings. The highest BCUT2D eigenvalue weighted by atomic mass is 16.5. The highest BCUT2D eigenvalue weighted by Gasteiger charge is 2.02. The molecule has 0 saturated heterocycles. The van der Waals surface area contributed by atoms with Crippen molar-refractivity contribution in [2.24, 2.45) is 0 Å². The summed E-state index contributed by atoms with van der Waals surface area (Å²) in [4.78, 5) is 11.1. The zero-order valence-corrected chi connectivity index (χ0v) is 6.69. The van der Waals surface area contributed by atoms with Crippen LogP contribution in [-0.4, -0.2) is 12.6 Å². The lowest BCUT2D eigenvalue weighted by atomic mass is 10.2. The summed E-state index contributed by atoms with van der Waals surface area (Å²) in [6, 6.07) is 8.87. The van der Waals surface area contributed by atoms with E-state index >= 15 is 0 Å². The van der Waals surface area contributed by atoms with Crippen LogP contribution in [0.2, 0.25) is 0 Å². The van der Waals surface area contributed by atoms with Gasteiger partial charge in [-0.1, -0.05) is 38.3 Å². The molecule has 2 nitrogen and oxygen atoms in total. The molecular formula is C11H14O2. The minimum Gasteiger partial charge on any atom is -0.458 e. The van der Waals surface area contributed by atoms with Crippen LogP contribution in [0.25, 0.3) is 0 Å². The van der Waals surface area contributed by atoms with E-state index < -0.39 is 0 Å². The van der Waals surface area contributed by atoms with Gasteiger partial charge in [-0.3, -0.25) is 0 Å². The van der Waals surface area contributed by atoms with Crippen LogP contribution >= 0.6 is 0 Å². The summed E-state index contributed by atoms with van der Waals surface area (Å²) in [5.74, 6) is -0.310. The van der Waals surface area contributed by atoms with E-state index in [1.165, 1.54) is 0 Å². The van der Waals surface area contributed by atoms with Crippen molar-refractivity contribution in [1.82, 2.24) is 0 Å². The number of ether oxygens (including phenoxy) is 1. The number of rotatable bonds is 3. The number of hydrogen-bond acceptors (Lipinski definition) is 2. The van der Waals surface area contributed by atoms with E-state index in [1.807, 2.05) is 6.07 Å². The fourth-order valence-corrected chi connectivity index (χ4v) is 0.792. The highest BCUT2D eigenvalue weighted by molar-refractivity contribution is 5.89. The molecular weight excluding hydrogens is 164 g/mol. The zero-order valence-electron chi connectivity index (χ0n) is 6.69. The van der Waals surface area contributed by atoms with E-state index in [2.05, 4.69) is 6.58 Å². The van der Waals surface area contributed by atoms with Crippen molar-refractivity contribution in [1.29, 1.82) is 0 Å². The first-order chi connectivity index (χ1) is 5.84. The molecule has 0 aliphatic heterocycles. The largest absolute Gasteiger partial charge is 0.458 e. The van der Waals surface area contributed by atoms with Crippen LogP contribution in [0, 0.1) is 0 Å². The monoisotopic (exact) mass is 178 g/mol. The minimum absolute atomic E-state index is 0. The quantitative estimate of drug-likeness (QED) is 0.525. The van der Waals surface area contributed by atoms with Crippen molar-refractivity contribution in [3.05, 3.63) is 48.6 Å². The van der Waals surface area contributed by atoms with Gasteiger partial charge in [-0.2, -0.15) is 0 Å². The second kappa shape index (κ2) is 6.00. The van der Waals surface area contributed by atoms with E-state index in [4.69, 9.17) is 4.74 Å². The Morgan fingerprint density at radius 3 is 2.54 bits per heavy atom. The summed E-state index contributed by atoms with van der Waals surface area (Å²) in [5, 5.41) is 0. The van der Waals surface area contributed by atoms with Gasteiger partial charge in [-0.15, -0.1) is 0 Å². The Labute approximate surface area is 78.8 Å². The number of hydrogen-bond donors (Lipinski definition) is 0. The van der Waals surface area contributed by atoms with Gasteiger partial charge in [-0.25, -0.2) is 4.79 Å². The van der Waals surface area contributed by atoms with E-state index in [0.29, 0.717) is 5.56 Å². The van der Waals surface area contributed by atoms with Crippen LogP contribution < -0.4 is 0 Å². The molecule has 0 aromatic heterocycles. The average molecular weight is 178 g/mol. The van der Waals surface area contributed by atoms with Crippen molar-refractivity contribution in [3.63, 3.8) is 0 Å². The summed E-state index contributed by atoms with van der Waals surface area (Å²) in [7, 11) is 0. The predicted octanol–water partition coefficient (Wildman–Crippen LogP) is 2.67. The van der Waals surface area contributed by atoms with Crippen LogP contribution in [0.1, 0.15) is 17.8 Å². The van der Waals surface area contributed by atoms with Gasteiger partial charge in [0.05, 0.1) is 5.56 Å². The van der Waals surface area contributed by atoms with Crippen molar-refractivity contribution in [3.8, 4) is 0 Å². The maximum absolute atomic E-state index is 11.1. The Hall–Kier alpha value is -1.57. The van der Waals surface area contributed by atoms with Crippen LogP contribution in [0.15, 0.2) is 43.0 Å². The van der Waals surface area contributed by atoms with Gasteiger partial charge in [0.15, 0.2) is 0 Å². The molecule has 0 fully saturated rings. The second-order valence-electron chi connectivity index (χ2n) is 2.25. The summed E-state index contributed by atoms with van der Waals surface area (Å²) in [6.07, 6.45) is 1.54. The topological polar surface area (TPSA) is 26.3 Å². The molecule has 1 aromatic carbocycles. The minimum atomic E-state index is -0.310. The molecule has 1 rings (SSSR count). The summed E-state index contributed by atoms with van der Waals surface area (Å²) >= 11 is 0. The maximum atomic E-state index is 11.1. The molecule has 0 saturated carbocycles. The zero-order chi connectivity index (χ0) is 8.81. The molecule has 0 radical (unpaired) electrons. The number of esters is 1. The molecule has 0 unspecified atom stereocenters. The van der Waals surface area contributed by atoms with Gasteiger partial charge in [0.25, 0.3) is 0 Å². The molecule has 0 atom stereocenters. The Balaban J connectivity index is 0.00000144. The summed E-state index contributed by atoms with van der Waals surface area (Å²) in [6.45, 7) is 3.71. The van der Waals surface area contributed by atoms with Gasteiger partial charge in [-0.05, 0) is 12.1 Å². The SMILES string of the molecule is C.C=CCOC(=O)c1ccccc1. The van der Waals surface area contributed by atoms with Gasteiger partial charge in [0, 0.05) is 0 Å². The first kappa shape index (κ1) is 11.4. The number of benzene rings is 1.